The second-order valence-corrected chi connectivity index (χ2v) is 4.97. The molecule has 0 aromatic rings. The van der Waals surface area contributed by atoms with E-state index in [1.54, 1.807) is 0 Å². The molecule has 0 atom stereocenters. The van der Waals surface area contributed by atoms with Crippen LogP contribution >= 0.6 is 0 Å². The average Bonchev–Trinajstić information content (AvgIpc) is 2.00. The van der Waals surface area contributed by atoms with E-state index in [4.69, 9.17) is 0 Å². The van der Waals surface area contributed by atoms with Crippen molar-refractivity contribution in [2.75, 3.05) is 13.1 Å². The van der Waals surface area contributed by atoms with Gasteiger partial charge in [-0.15, -0.1) is 0 Å². The topological polar surface area (TPSA) is 12.0 Å². The smallest absolute Gasteiger partial charge is 0.449 e. The van der Waals surface area contributed by atoms with Gasteiger partial charge in [-0.1, -0.05) is 12.2 Å². The Morgan fingerprint density at radius 2 is 1.67 bits per heavy atom. The molecule has 0 bridgehead atoms. The van der Waals surface area contributed by atoms with E-state index in [0.717, 1.165) is 38.8 Å². The molecule has 0 aromatic carbocycles. The molecule has 2 fully saturated rings. The third-order valence-corrected chi connectivity index (χ3v) is 3.71. The van der Waals surface area contributed by atoms with Gasteiger partial charge in [0.05, 0.1) is 0 Å². The monoisotopic (exact) mass is 245 g/mol. The van der Waals surface area contributed by atoms with Crippen LogP contribution in [0, 0.1) is 11.3 Å². The van der Waals surface area contributed by atoms with Gasteiger partial charge in [0, 0.05) is 0 Å². The van der Waals surface area contributed by atoms with Crippen LogP contribution in [0.25, 0.3) is 0 Å². The zero-order valence-corrected chi connectivity index (χ0v) is 12.4. The van der Waals surface area contributed by atoms with Gasteiger partial charge in [0.2, 0.25) is 0 Å². The van der Waals surface area contributed by atoms with Crippen LogP contribution in [0.5, 0.6) is 0 Å². The van der Waals surface area contributed by atoms with Crippen LogP contribution < -0.4 is 56.7 Å². The number of halogens is 3. The minimum absolute atomic E-state index is 0. The van der Waals surface area contributed by atoms with E-state index < -0.39 is 13.3 Å². The van der Waals surface area contributed by atoms with Crippen LogP contribution in [0.3, 0.4) is 0 Å². The fourth-order valence-corrected chi connectivity index (χ4v) is 3.07. The SMILES string of the molecule is F[B-](F)(F)CC1CC2(CCNCC2)C1.[K+]. The van der Waals surface area contributed by atoms with Crippen LogP contribution in [0.1, 0.15) is 25.7 Å². The molecule has 0 amide bonds. The molecule has 82 valence electrons. The van der Waals surface area contributed by atoms with E-state index >= 15 is 0 Å². The second-order valence-electron chi connectivity index (χ2n) is 4.97. The van der Waals surface area contributed by atoms with Crippen LogP contribution in [-0.2, 0) is 0 Å². The fourth-order valence-electron chi connectivity index (χ4n) is 3.07. The van der Waals surface area contributed by atoms with E-state index in [-0.39, 0.29) is 62.7 Å². The Bertz CT molecular complexity index is 208. The van der Waals surface area contributed by atoms with Gasteiger partial charge in [-0.25, -0.2) is 0 Å². The van der Waals surface area contributed by atoms with Crippen LogP contribution in [0.15, 0.2) is 0 Å². The van der Waals surface area contributed by atoms with Crippen LogP contribution in [-0.4, -0.2) is 20.1 Å². The van der Waals surface area contributed by atoms with Crippen molar-refractivity contribution in [3.05, 3.63) is 0 Å². The van der Waals surface area contributed by atoms with Crippen molar-refractivity contribution < 1.29 is 64.3 Å². The van der Waals surface area contributed by atoms with Gasteiger partial charge in [0.15, 0.2) is 0 Å². The standard InChI is InChI=1S/C9H16BF3N.K/c11-10(12,13)7-8-5-9(6-8)1-3-14-4-2-9;/h8,14H,1-7H2;/q-1;+1. The molecule has 0 radical (unpaired) electrons. The molecule has 0 aromatic heterocycles. The summed E-state index contributed by atoms with van der Waals surface area (Å²) in [6, 6.07) is 0. The zero-order valence-electron chi connectivity index (χ0n) is 9.24. The maximum absolute atomic E-state index is 12.1. The summed E-state index contributed by atoms with van der Waals surface area (Å²) in [6.45, 7) is -2.58. The number of nitrogens with one attached hydrogen (secondary N) is 1. The molecule has 1 aliphatic carbocycles. The second kappa shape index (κ2) is 5.40. The summed E-state index contributed by atoms with van der Waals surface area (Å²) in [7, 11) is 0. The number of rotatable bonds is 2. The Labute approximate surface area is 131 Å². The molecule has 6 heteroatoms. The molecule has 2 rings (SSSR count). The van der Waals surface area contributed by atoms with Crippen molar-refractivity contribution in [1.82, 2.24) is 5.32 Å². The van der Waals surface area contributed by atoms with Gasteiger partial charge < -0.3 is 18.3 Å². The van der Waals surface area contributed by atoms with Crippen molar-refractivity contribution >= 4 is 6.98 Å². The number of hydrogen-bond acceptors (Lipinski definition) is 1. The first-order valence-corrected chi connectivity index (χ1v) is 5.41. The molecule has 1 nitrogen and oxygen atoms in total. The molecule has 1 heterocycles. The molecular weight excluding hydrogens is 229 g/mol. The quantitative estimate of drug-likeness (QED) is 0.654. The first-order chi connectivity index (χ1) is 6.49. The first-order valence-electron chi connectivity index (χ1n) is 5.41. The molecule has 0 unspecified atom stereocenters. The summed E-state index contributed by atoms with van der Waals surface area (Å²) in [5.74, 6) is -0.0619. The Morgan fingerprint density at radius 3 is 2.13 bits per heavy atom. The van der Waals surface area contributed by atoms with Crippen molar-refractivity contribution in [2.24, 2.45) is 11.3 Å². The maximum atomic E-state index is 12.1. The number of piperidine rings is 1. The van der Waals surface area contributed by atoms with E-state index in [2.05, 4.69) is 5.32 Å². The molecule has 1 aliphatic heterocycles. The van der Waals surface area contributed by atoms with Gasteiger partial charge >= 0.3 is 58.4 Å². The Balaban J connectivity index is 0.00000112. The van der Waals surface area contributed by atoms with E-state index in [9.17, 15) is 12.9 Å². The molecule has 1 saturated heterocycles. The molecule has 1 spiro atoms. The van der Waals surface area contributed by atoms with Gasteiger partial charge in [-0.3, -0.25) is 0 Å². The third-order valence-electron chi connectivity index (χ3n) is 3.71. The third kappa shape index (κ3) is 4.00. The summed E-state index contributed by atoms with van der Waals surface area (Å²) in [6.07, 6.45) is 3.28. The van der Waals surface area contributed by atoms with Crippen LogP contribution in [0.2, 0.25) is 6.32 Å². The summed E-state index contributed by atoms with van der Waals surface area (Å²) >= 11 is 0. The Morgan fingerprint density at radius 1 is 1.13 bits per heavy atom. The van der Waals surface area contributed by atoms with E-state index in [1.165, 1.54) is 0 Å². The normalized spacial score (nSPS) is 25.8. The van der Waals surface area contributed by atoms with Crippen LogP contribution in [0.4, 0.5) is 12.9 Å². The summed E-state index contributed by atoms with van der Waals surface area (Å²) in [5.41, 5.74) is 0.289. The predicted molar refractivity (Wildman–Crippen MR) is 51.1 cm³/mol. The Kier molecular flexibility index (Phi) is 5.22. The van der Waals surface area contributed by atoms with Gasteiger partial charge in [0.25, 0.3) is 0 Å². The van der Waals surface area contributed by atoms with E-state index in [1.807, 2.05) is 0 Å². The first kappa shape index (κ1) is 14.5. The average molecular weight is 245 g/mol. The van der Waals surface area contributed by atoms with Gasteiger partial charge in [-0.05, 0) is 44.2 Å². The Hall–Kier alpha value is 1.45. The van der Waals surface area contributed by atoms with Crippen molar-refractivity contribution in [1.29, 1.82) is 0 Å². The van der Waals surface area contributed by atoms with Gasteiger partial charge in [-0.2, -0.15) is 0 Å². The largest absolute Gasteiger partial charge is 1.00 e. The molecule has 15 heavy (non-hydrogen) atoms. The predicted octanol–water partition coefficient (Wildman–Crippen LogP) is -0.382. The molecule has 1 N–H and O–H groups in total. The van der Waals surface area contributed by atoms with Crippen molar-refractivity contribution in [2.45, 2.75) is 32.0 Å². The molecule has 2 aliphatic rings. The maximum Gasteiger partial charge on any atom is 1.00 e. The molecular formula is C9H16BF3KN. The zero-order chi connectivity index (χ0) is 10.2. The summed E-state index contributed by atoms with van der Waals surface area (Å²) in [5, 5.41) is 3.25. The summed E-state index contributed by atoms with van der Waals surface area (Å²) in [4.78, 5) is 0. The minimum Gasteiger partial charge on any atom is -0.449 e. The fraction of sp³-hybridized carbons (Fsp3) is 1.00. The van der Waals surface area contributed by atoms with Gasteiger partial charge in [0.1, 0.15) is 0 Å². The van der Waals surface area contributed by atoms with E-state index in [0.29, 0.717) is 0 Å². The molecule has 1 saturated carbocycles. The summed E-state index contributed by atoms with van der Waals surface area (Å²) < 4.78 is 36.4. The van der Waals surface area contributed by atoms with Crippen molar-refractivity contribution in [3.8, 4) is 0 Å². The van der Waals surface area contributed by atoms with Crippen molar-refractivity contribution in [3.63, 3.8) is 0 Å². The number of hydrogen-bond donors (Lipinski definition) is 1. The minimum atomic E-state index is -4.56.